The normalized spacial score (nSPS) is 20.3. The van der Waals surface area contributed by atoms with Gasteiger partial charge in [0.2, 0.25) is 5.91 Å². The quantitative estimate of drug-likeness (QED) is 0.803. The van der Waals surface area contributed by atoms with E-state index in [1.807, 2.05) is 14.1 Å². The predicted molar refractivity (Wildman–Crippen MR) is 81.1 cm³/mol. The average molecular weight is 268 g/mol. The van der Waals surface area contributed by atoms with Gasteiger partial charge in [-0.1, -0.05) is 33.1 Å². The summed E-state index contributed by atoms with van der Waals surface area (Å²) in [4.78, 5) is 14.0. The molecule has 0 saturated heterocycles. The van der Waals surface area contributed by atoms with Gasteiger partial charge in [0, 0.05) is 20.1 Å². The molecule has 1 amide bonds. The van der Waals surface area contributed by atoms with Crippen LogP contribution in [0.3, 0.4) is 0 Å². The van der Waals surface area contributed by atoms with Gasteiger partial charge in [-0.2, -0.15) is 0 Å². The summed E-state index contributed by atoms with van der Waals surface area (Å²) in [7, 11) is 3.70. The van der Waals surface area contributed by atoms with Crippen molar-refractivity contribution in [3.63, 3.8) is 0 Å². The molecular weight excluding hydrogens is 236 g/mol. The van der Waals surface area contributed by atoms with Gasteiger partial charge >= 0.3 is 0 Å². The summed E-state index contributed by atoms with van der Waals surface area (Å²) >= 11 is 0. The zero-order chi connectivity index (χ0) is 14.4. The second-order valence-corrected chi connectivity index (χ2v) is 6.77. The van der Waals surface area contributed by atoms with Crippen molar-refractivity contribution in [2.45, 2.75) is 71.4 Å². The van der Waals surface area contributed by atoms with Crippen LogP contribution in [0.1, 0.15) is 59.3 Å². The Hall–Kier alpha value is -0.570. The Bertz CT molecular complexity index is 270. The zero-order valence-corrected chi connectivity index (χ0v) is 13.4. The van der Waals surface area contributed by atoms with Gasteiger partial charge in [0.05, 0.1) is 6.04 Å². The van der Waals surface area contributed by atoms with Crippen LogP contribution in [0.2, 0.25) is 0 Å². The summed E-state index contributed by atoms with van der Waals surface area (Å²) < 4.78 is 0. The molecular formula is C16H32N2O. The van der Waals surface area contributed by atoms with Crippen LogP contribution >= 0.6 is 0 Å². The maximum atomic E-state index is 12.3. The van der Waals surface area contributed by atoms with Crippen molar-refractivity contribution in [2.24, 2.45) is 11.8 Å². The van der Waals surface area contributed by atoms with Gasteiger partial charge in [0.15, 0.2) is 0 Å². The minimum Gasteiger partial charge on any atom is -0.347 e. The molecule has 2 unspecified atom stereocenters. The van der Waals surface area contributed by atoms with Crippen LogP contribution in [-0.4, -0.2) is 37.0 Å². The molecule has 1 N–H and O–H groups in total. The lowest BCUT2D eigenvalue weighted by molar-refractivity contribution is -0.131. The lowest BCUT2D eigenvalue weighted by Gasteiger charge is -2.32. The van der Waals surface area contributed by atoms with Crippen LogP contribution in [-0.2, 0) is 4.79 Å². The summed E-state index contributed by atoms with van der Waals surface area (Å²) in [6, 6.07) is 0.430. The highest BCUT2D eigenvalue weighted by molar-refractivity contribution is 5.81. The predicted octanol–water partition coefficient (Wildman–Crippen LogP) is 3.05. The lowest BCUT2D eigenvalue weighted by Crippen LogP contribution is -2.50. The number of hydrogen-bond acceptors (Lipinski definition) is 2. The fraction of sp³-hybridized carbons (Fsp3) is 0.938. The molecule has 0 aromatic rings. The van der Waals surface area contributed by atoms with Crippen LogP contribution in [0.4, 0.5) is 0 Å². The van der Waals surface area contributed by atoms with Crippen molar-refractivity contribution in [1.29, 1.82) is 0 Å². The van der Waals surface area contributed by atoms with E-state index in [1.165, 1.54) is 32.1 Å². The Morgan fingerprint density at radius 1 is 1.16 bits per heavy atom. The molecule has 1 fully saturated rings. The number of carbonyl (C=O) groups excluding carboxylic acids is 1. The molecule has 0 radical (unpaired) electrons. The lowest BCUT2D eigenvalue weighted by atomic mass is 9.84. The third kappa shape index (κ3) is 5.52. The SMILES string of the molecule is CC(C)CC(NC(C)C1CCCCC1)C(=O)N(C)C. The van der Waals surface area contributed by atoms with Crippen molar-refractivity contribution in [1.82, 2.24) is 10.2 Å². The standard InChI is InChI=1S/C16H32N2O/c1-12(2)11-15(16(19)18(4)5)17-13(3)14-9-7-6-8-10-14/h12-15,17H,6-11H2,1-5H3. The molecule has 19 heavy (non-hydrogen) atoms. The number of amides is 1. The van der Waals surface area contributed by atoms with Crippen LogP contribution in [0, 0.1) is 11.8 Å². The van der Waals surface area contributed by atoms with E-state index in [-0.39, 0.29) is 11.9 Å². The van der Waals surface area contributed by atoms with Gasteiger partial charge in [-0.05, 0) is 38.0 Å². The Kier molecular flexibility index (Phi) is 6.84. The highest BCUT2D eigenvalue weighted by atomic mass is 16.2. The van der Waals surface area contributed by atoms with E-state index in [1.54, 1.807) is 4.90 Å². The number of rotatable bonds is 6. The molecule has 3 heteroatoms. The summed E-state index contributed by atoms with van der Waals surface area (Å²) in [5, 5.41) is 3.61. The molecule has 0 heterocycles. The highest BCUT2D eigenvalue weighted by Gasteiger charge is 2.27. The molecule has 112 valence electrons. The summed E-state index contributed by atoms with van der Waals surface area (Å²) in [5.74, 6) is 1.51. The van der Waals surface area contributed by atoms with Crippen molar-refractivity contribution < 1.29 is 4.79 Å². The third-order valence-electron chi connectivity index (χ3n) is 4.27. The second kappa shape index (κ2) is 7.88. The van der Waals surface area contributed by atoms with Gasteiger partial charge in [-0.25, -0.2) is 0 Å². The molecule has 3 nitrogen and oxygen atoms in total. The minimum atomic E-state index is -0.0214. The molecule has 1 saturated carbocycles. The molecule has 1 aliphatic carbocycles. The fourth-order valence-electron chi connectivity index (χ4n) is 3.11. The van der Waals surface area contributed by atoms with E-state index in [2.05, 4.69) is 26.1 Å². The Balaban J connectivity index is 2.57. The van der Waals surface area contributed by atoms with Crippen LogP contribution < -0.4 is 5.32 Å². The molecule has 0 bridgehead atoms. The number of hydrogen-bond donors (Lipinski definition) is 1. The van der Waals surface area contributed by atoms with Crippen molar-refractivity contribution in [3.05, 3.63) is 0 Å². The highest BCUT2D eigenvalue weighted by Crippen LogP contribution is 2.26. The maximum absolute atomic E-state index is 12.3. The van der Waals surface area contributed by atoms with Gasteiger partial charge in [0.1, 0.15) is 0 Å². The smallest absolute Gasteiger partial charge is 0.239 e. The Morgan fingerprint density at radius 2 is 1.74 bits per heavy atom. The maximum Gasteiger partial charge on any atom is 0.239 e. The van der Waals surface area contributed by atoms with Gasteiger partial charge < -0.3 is 10.2 Å². The average Bonchev–Trinajstić information content (AvgIpc) is 2.37. The number of carbonyl (C=O) groups is 1. The van der Waals surface area contributed by atoms with E-state index >= 15 is 0 Å². The number of nitrogens with one attached hydrogen (secondary N) is 1. The van der Waals surface area contributed by atoms with Crippen molar-refractivity contribution in [3.8, 4) is 0 Å². The van der Waals surface area contributed by atoms with Crippen molar-refractivity contribution in [2.75, 3.05) is 14.1 Å². The van der Waals surface area contributed by atoms with Gasteiger partial charge in [-0.3, -0.25) is 4.79 Å². The molecule has 0 aromatic heterocycles. The zero-order valence-electron chi connectivity index (χ0n) is 13.4. The van der Waals surface area contributed by atoms with E-state index in [0.29, 0.717) is 12.0 Å². The molecule has 1 aliphatic rings. The first-order valence-electron chi connectivity index (χ1n) is 7.89. The number of likely N-dealkylation sites (N-methyl/N-ethyl adjacent to an activating group) is 1. The van der Waals surface area contributed by atoms with Crippen LogP contribution in [0.25, 0.3) is 0 Å². The summed E-state index contributed by atoms with van der Waals surface area (Å²) in [6.07, 6.45) is 7.65. The van der Waals surface area contributed by atoms with E-state index in [9.17, 15) is 4.79 Å². The Morgan fingerprint density at radius 3 is 2.21 bits per heavy atom. The topological polar surface area (TPSA) is 32.3 Å². The monoisotopic (exact) mass is 268 g/mol. The first kappa shape index (κ1) is 16.5. The molecule has 0 spiro atoms. The van der Waals surface area contributed by atoms with Gasteiger partial charge in [-0.15, -0.1) is 0 Å². The molecule has 0 aliphatic heterocycles. The minimum absolute atomic E-state index is 0.0214. The summed E-state index contributed by atoms with van der Waals surface area (Å²) in [6.45, 7) is 6.62. The first-order valence-corrected chi connectivity index (χ1v) is 7.89. The van der Waals surface area contributed by atoms with Crippen LogP contribution in [0.5, 0.6) is 0 Å². The third-order valence-corrected chi connectivity index (χ3v) is 4.27. The summed E-state index contributed by atoms with van der Waals surface area (Å²) in [5.41, 5.74) is 0. The number of nitrogens with zero attached hydrogens (tertiary/aromatic N) is 1. The first-order chi connectivity index (χ1) is 8.91. The van der Waals surface area contributed by atoms with E-state index < -0.39 is 0 Å². The molecule has 0 aromatic carbocycles. The fourth-order valence-corrected chi connectivity index (χ4v) is 3.11. The molecule has 1 rings (SSSR count). The van der Waals surface area contributed by atoms with Gasteiger partial charge in [0.25, 0.3) is 0 Å². The molecule has 2 atom stereocenters. The van der Waals surface area contributed by atoms with E-state index in [4.69, 9.17) is 0 Å². The van der Waals surface area contributed by atoms with E-state index in [0.717, 1.165) is 12.3 Å². The Labute approximate surface area is 119 Å². The van der Waals surface area contributed by atoms with Crippen molar-refractivity contribution >= 4 is 5.91 Å². The second-order valence-electron chi connectivity index (χ2n) is 6.77. The van der Waals surface area contributed by atoms with Crippen LogP contribution in [0.15, 0.2) is 0 Å². The largest absolute Gasteiger partial charge is 0.347 e.